The maximum atomic E-state index is 13.1. The lowest BCUT2D eigenvalue weighted by Crippen LogP contribution is -2.48. The van der Waals surface area contributed by atoms with Gasteiger partial charge in [-0.15, -0.1) is 0 Å². The molecular formula is C32H34Cl2N4O5S. The smallest absolute Gasteiger partial charge is 0.243 e. The Bertz CT molecular complexity index is 1670. The van der Waals surface area contributed by atoms with E-state index in [1.54, 1.807) is 47.2 Å². The van der Waals surface area contributed by atoms with Crippen molar-refractivity contribution in [2.45, 2.75) is 36.9 Å². The molecule has 3 heterocycles. The molecule has 3 aromatic carbocycles. The Morgan fingerprint density at radius 2 is 1.73 bits per heavy atom. The van der Waals surface area contributed by atoms with E-state index < -0.39 is 15.8 Å². The molecule has 2 aliphatic rings. The number of rotatable bonds is 9. The first-order valence-corrected chi connectivity index (χ1v) is 16.6. The summed E-state index contributed by atoms with van der Waals surface area (Å²) in [4.78, 5) is 6.69. The molecule has 12 heteroatoms. The molecule has 0 bridgehead atoms. The Morgan fingerprint density at radius 3 is 2.39 bits per heavy atom. The molecule has 2 saturated heterocycles. The number of imidazole rings is 1. The van der Waals surface area contributed by atoms with Gasteiger partial charge in [0.15, 0.2) is 0 Å². The van der Waals surface area contributed by atoms with Crippen molar-refractivity contribution in [3.63, 3.8) is 0 Å². The molecule has 0 N–H and O–H groups in total. The average Bonchev–Trinajstić information content (AvgIpc) is 3.54. The van der Waals surface area contributed by atoms with Gasteiger partial charge in [-0.3, -0.25) is 0 Å². The number of ether oxygens (including phenoxy) is 3. The van der Waals surface area contributed by atoms with Crippen molar-refractivity contribution in [3.05, 3.63) is 112 Å². The molecule has 2 aliphatic heterocycles. The SMILES string of the molecule is Cc1cccc(S(=O)(=O)N2CCN(c3ccc(CO[C@H]4CO[C@](Cn5ccnc5)(c5ccc(Cl)cc5Cl)OC4)cc3)CC2)c1. The van der Waals surface area contributed by atoms with Crippen LogP contribution in [0, 0.1) is 6.92 Å². The molecule has 0 radical (unpaired) electrons. The summed E-state index contributed by atoms with van der Waals surface area (Å²) in [6.07, 6.45) is 4.99. The van der Waals surface area contributed by atoms with Gasteiger partial charge in [0.25, 0.3) is 0 Å². The van der Waals surface area contributed by atoms with E-state index in [0.29, 0.717) is 73.0 Å². The molecule has 0 unspecified atom stereocenters. The third-order valence-corrected chi connectivity index (χ3v) is 10.4. The zero-order chi connectivity index (χ0) is 30.7. The van der Waals surface area contributed by atoms with E-state index in [4.69, 9.17) is 37.4 Å². The van der Waals surface area contributed by atoms with E-state index >= 15 is 0 Å². The van der Waals surface area contributed by atoms with Gasteiger partial charge in [0.2, 0.25) is 15.8 Å². The van der Waals surface area contributed by atoms with Gasteiger partial charge in [0.05, 0.1) is 42.6 Å². The number of benzene rings is 3. The average molecular weight is 658 g/mol. The summed E-state index contributed by atoms with van der Waals surface area (Å²) < 4.78 is 48.5. The van der Waals surface area contributed by atoms with Crippen molar-refractivity contribution < 1.29 is 22.6 Å². The molecule has 9 nitrogen and oxygen atoms in total. The summed E-state index contributed by atoms with van der Waals surface area (Å²) >= 11 is 12.7. The molecule has 0 saturated carbocycles. The van der Waals surface area contributed by atoms with Crippen LogP contribution in [0.2, 0.25) is 10.0 Å². The van der Waals surface area contributed by atoms with Gasteiger partial charge in [0, 0.05) is 54.8 Å². The van der Waals surface area contributed by atoms with E-state index in [1.165, 1.54) is 0 Å². The summed E-state index contributed by atoms with van der Waals surface area (Å²) in [5.41, 5.74) is 3.69. The highest BCUT2D eigenvalue weighted by atomic mass is 35.5. The van der Waals surface area contributed by atoms with Crippen LogP contribution in [0.5, 0.6) is 0 Å². The van der Waals surface area contributed by atoms with Crippen LogP contribution in [0.1, 0.15) is 16.7 Å². The Hall–Kier alpha value is -2.96. The predicted octanol–water partition coefficient (Wildman–Crippen LogP) is 5.49. The minimum atomic E-state index is -3.50. The molecule has 0 aliphatic carbocycles. The second-order valence-corrected chi connectivity index (χ2v) is 13.8. The third-order valence-electron chi connectivity index (χ3n) is 7.95. The Kier molecular flexibility index (Phi) is 9.30. The molecule has 2 fully saturated rings. The van der Waals surface area contributed by atoms with Crippen LogP contribution in [0.15, 0.2) is 90.3 Å². The first kappa shape index (κ1) is 31.0. The highest BCUT2D eigenvalue weighted by Crippen LogP contribution is 2.38. The van der Waals surface area contributed by atoms with Crippen LogP contribution < -0.4 is 4.90 Å². The number of anilines is 1. The second-order valence-electron chi connectivity index (χ2n) is 11.0. The Labute approximate surface area is 267 Å². The monoisotopic (exact) mass is 656 g/mol. The van der Waals surface area contributed by atoms with Crippen molar-refractivity contribution in [2.24, 2.45) is 0 Å². The molecule has 0 amide bonds. The fraction of sp³-hybridized carbons (Fsp3) is 0.344. The van der Waals surface area contributed by atoms with Gasteiger partial charge in [-0.1, -0.05) is 53.5 Å². The Morgan fingerprint density at radius 1 is 0.977 bits per heavy atom. The first-order valence-electron chi connectivity index (χ1n) is 14.4. The quantitative estimate of drug-likeness (QED) is 0.235. The van der Waals surface area contributed by atoms with Crippen molar-refractivity contribution in [2.75, 3.05) is 44.3 Å². The molecule has 232 valence electrons. The molecule has 6 rings (SSSR count). The van der Waals surface area contributed by atoms with Crippen molar-refractivity contribution >= 4 is 38.9 Å². The molecule has 1 aromatic heterocycles. The topological polar surface area (TPSA) is 86.1 Å². The minimum Gasteiger partial charge on any atom is -0.369 e. The highest BCUT2D eigenvalue weighted by Gasteiger charge is 2.42. The van der Waals surface area contributed by atoms with E-state index in [0.717, 1.165) is 16.8 Å². The lowest BCUT2D eigenvalue weighted by Gasteiger charge is -2.41. The largest absolute Gasteiger partial charge is 0.369 e. The van der Waals surface area contributed by atoms with Gasteiger partial charge in [0.1, 0.15) is 6.10 Å². The van der Waals surface area contributed by atoms with Crippen LogP contribution in [-0.4, -0.2) is 67.8 Å². The van der Waals surface area contributed by atoms with Crippen molar-refractivity contribution in [1.82, 2.24) is 13.9 Å². The van der Waals surface area contributed by atoms with Crippen LogP contribution in [0.25, 0.3) is 0 Å². The predicted molar refractivity (Wildman–Crippen MR) is 169 cm³/mol. The van der Waals surface area contributed by atoms with Crippen LogP contribution in [0.4, 0.5) is 5.69 Å². The van der Waals surface area contributed by atoms with Crippen molar-refractivity contribution in [3.8, 4) is 0 Å². The van der Waals surface area contributed by atoms with Gasteiger partial charge >= 0.3 is 0 Å². The zero-order valence-corrected chi connectivity index (χ0v) is 26.6. The highest BCUT2D eigenvalue weighted by molar-refractivity contribution is 7.89. The van der Waals surface area contributed by atoms with Crippen molar-refractivity contribution in [1.29, 1.82) is 0 Å². The summed E-state index contributed by atoms with van der Waals surface area (Å²) in [6.45, 7) is 5.43. The summed E-state index contributed by atoms with van der Waals surface area (Å²) in [7, 11) is -3.50. The molecule has 0 atom stereocenters. The Balaban J connectivity index is 1.02. The van der Waals surface area contributed by atoms with Crippen LogP contribution >= 0.6 is 23.2 Å². The van der Waals surface area contributed by atoms with Crippen LogP contribution in [-0.2, 0) is 43.2 Å². The number of aryl methyl sites for hydroxylation is 1. The van der Waals surface area contributed by atoms with Gasteiger partial charge < -0.3 is 23.7 Å². The standard InChI is InChI=1S/C32H34Cl2N4O5S/c1-24-3-2-4-29(17-24)44(39,40)38-15-13-37(14-16-38)27-8-5-25(6-9-27)19-41-28-20-42-32(43-21-28,22-36-12-11-35-23-36)30-10-7-26(33)18-31(30)34/h2-12,17-18,23,28H,13-16,19-22H2,1H3/t28-,32-. The zero-order valence-electron chi connectivity index (χ0n) is 24.3. The van der Waals surface area contributed by atoms with E-state index in [9.17, 15) is 8.42 Å². The maximum Gasteiger partial charge on any atom is 0.243 e. The molecule has 4 aromatic rings. The number of halogens is 2. The van der Waals surface area contributed by atoms with Gasteiger partial charge in [-0.25, -0.2) is 13.4 Å². The molecular weight excluding hydrogens is 623 g/mol. The van der Waals surface area contributed by atoms with Crippen LogP contribution in [0.3, 0.4) is 0 Å². The maximum absolute atomic E-state index is 13.1. The second kappa shape index (κ2) is 13.2. The van der Waals surface area contributed by atoms with E-state index in [2.05, 4.69) is 22.0 Å². The lowest BCUT2D eigenvalue weighted by molar-refractivity contribution is -0.313. The molecule has 0 spiro atoms. The summed E-state index contributed by atoms with van der Waals surface area (Å²) in [5.74, 6) is -1.10. The molecule has 44 heavy (non-hydrogen) atoms. The normalized spacial score (nSPS) is 21.4. The van der Waals surface area contributed by atoms with E-state index in [-0.39, 0.29) is 6.10 Å². The minimum absolute atomic E-state index is 0.264. The summed E-state index contributed by atoms with van der Waals surface area (Å²) in [6, 6.07) is 20.5. The lowest BCUT2D eigenvalue weighted by atomic mass is 10.0. The van der Waals surface area contributed by atoms with Gasteiger partial charge in [-0.2, -0.15) is 4.31 Å². The fourth-order valence-electron chi connectivity index (χ4n) is 5.52. The first-order chi connectivity index (χ1) is 21.2. The number of hydrogen-bond acceptors (Lipinski definition) is 7. The van der Waals surface area contributed by atoms with Gasteiger partial charge in [-0.05, 0) is 54.4 Å². The number of hydrogen-bond donors (Lipinski definition) is 0. The number of piperazine rings is 1. The number of nitrogens with zero attached hydrogens (tertiary/aromatic N) is 4. The fourth-order valence-corrected chi connectivity index (χ4v) is 7.60. The number of sulfonamides is 1. The number of aromatic nitrogens is 2. The summed E-state index contributed by atoms with van der Waals surface area (Å²) in [5, 5.41) is 0.999. The third kappa shape index (κ3) is 6.82. The van der Waals surface area contributed by atoms with E-state index in [1.807, 2.05) is 42.0 Å².